The Hall–Kier alpha value is -1.62. The van der Waals surface area contributed by atoms with Gasteiger partial charge in [-0.25, -0.2) is 4.98 Å². The van der Waals surface area contributed by atoms with Crippen molar-refractivity contribution in [1.82, 2.24) is 9.55 Å². The Bertz CT molecular complexity index is 921. The van der Waals surface area contributed by atoms with Crippen LogP contribution in [0, 0.1) is 0 Å². The third kappa shape index (κ3) is 5.65. The quantitative estimate of drug-likeness (QED) is 0.415. The van der Waals surface area contributed by atoms with Crippen LogP contribution in [0.1, 0.15) is 33.4 Å². The molecule has 3 rings (SSSR count). The van der Waals surface area contributed by atoms with Gasteiger partial charge in [-0.05, 0) is 39.2 Å². The lowest BCUT2D eigenvalue weighted by molar-refractivity contribution is -0.141. The van der Waals surface area contributed by atoms with E-state index in [4.69, 9.17) is 14.0 Å². The van der Waals surface area contributed by atoms with E-state index in [1.807, 2.05) is 27.7 Å². The first-order valence-corrected chi connectivity index (χ1v) is 14.5. The Morgan fingerprint density at radius 1 is 1.03 bits per heavy atom. The summed E-state index contributed by atoms with van der Waals surface area (Å²) in [6.07, 6.45) is -3.52. The topological polar surface area (TPSA) is 45.5 Å². The summed E-state index contributed by atoms with van der Waals surface area (Å²) in [4.78, 5) is 3.86. The van der Waals surface area contributed by atoms with Crippen LogP contribution in [0.3, 0.4) is 0 Å². The fourth-order valence-electron chi connectivity index (χ4n) is 3.19. The maximum absolute atomic E-state index is 13.3. The Kier molecular flexibility index (Phi) is 6.74. The largest absolute Gasteiger partial charge is 0.494 e. The summed E-state index contributed by atoms with van der Waals surface area (Å²) in [6.45, 7) is 15.1. The molecule has 1 aliphatic heterocycles. The molecule has 1 saturated heterocycles. The highest BCUT2D eigenvalue weighted by Gasteiger charge is 2.51. The van der Waals surface area contributed by atoms with E-state index in [0.29, 0.717) is 12.2 Å². The van der Waals surface area contributed by atoms with Gasteiger partial charge >= 0.3 is 13.3 Å². The van der Waals surface area contributed by atoms with Crippen molar-refractivity contribution in [3.8, 4) is 11.4 Å². The van der Waals surface area contributed by atoms with Crippen molar-refractivity contribution in [2.24, 2.45) is 0 Å². The molecule has 0 N–H and O–H groups in total. The fourth-order valence-corrected chi connectivity index (χ4v) is 3.95. The van der Waals surface area contributed by atoms with Gasteiger partial charge in [-0.2, -0.15) is 13.2 Å². The van der Waals surface area contributed by atoms with E-state index in [1.54, 1.807) is 24.3 Å². The van der Waals surface area contributed by atoms with Gasteiger partial charge in [0.25, 0.3) is 0 Å². The Balaban J connectivity index is 1.81. The SMILES string of the molecule is CC1(C)OB(c2ccc(-c3nc(C(F)(F)F)cn3COCC[Si](C)(C)C)cc2)OC1(C)C. The maximum Gasteiger partial charge on any atom is 0.494 e. The van der Waals surface area contributed by atoms with Gasteiger partial charge in [0.1, 0.15) is 12.6 Å². The van der Waals surface area contributed by atoms with Crippen LogP contribution in [-0.2, 0) is 27.0 Å². The average Bonchev–Trinajstić information content (AvgIpc) is 3.16. The number of rotatable bonds is 7. The lowest BCUT2D eigenvalue weighted by Gasteiger charge is -2.32. The van der Waals surface area contributed by atoms with Gasteiger partial charge in [-0.3, -0.25) is 0 Å². The number of alkyl halides is 3. The number of halogens is 3. The highest BCUT2D eigenvalue weighted by Crippen LogP contribution is 2.36. The molecule has 10 heteroatoms. The van der Waals surface area contributed by atoms with Crippen LogP contribution < -0.4 is 5.46 Å². The van der Waals surface area contributed by atoms with Crippen LogP contribution in [0.15, 0.2) is 30.5 Å². The summed E-state index contributed by atoms with van der Waals surface area (Å²) < 4.78 is 59.1. The Labute approximate surface area is 189 Å². The number of aromatic nitrogens is 2. The van der Waals surface area contributed by atoms with E-state index in [9.17, 15) is 13.2 Å². The van der Waals surface area contributed by atoms with Crippen LogP contribution in [-0.4, -0.2) is 42.6 Å². The molecule has 0 aliphatic carbocycles. The molecule has 0 atom stereocenters. The van der Waals surface area contributed by atoms with Gasteiger partial charge < -0.3 is 18.6 Å². The molecule has 0 amide bonds. The molecule has 2 aromatic rings. The minimum Gasteiger partial charge on any atom is -0.399 e. The normalized spacial score (nSPS) is 18.4. The molecular weight excluding hydrogens is 436 g/mol. The van der Waals surface area contributed by atoms with Gasteiger partial charge in [0.15, 0.2) is 5.69 Å². The van der Waals surface area contributed by atoms with E-state index in [1.165, 1.54) is 4.57 Å². The highest BCUT2D eigenvalue weighted by molar-refractivity contribution is 6.76. The van der Waals surface area contributed by atoms with Crippen molar-refractivity contribution in [2.45, 2.75) is 77.5 Å². The van der Waals surface area contributed by atoms with Crippen molar-refractivity contribution >= 4 is 20.7 Å². The number of ether oxygens (including phenoxy) is 1. The molecular formula is C22H32BF3N2O3Si. The van der Waals surface area contributed by atoms with Gasteiger partial charge in [-0.1, -0.05) is 43.9 Å². The Morgan fingerprint density at radius 3 is 2.09 bits per heavy atom. The third-order valence-corrected chi connectivity index (χ3v) is 7.69. The minimum atomic E-state index is -4.53. The number of hydrogen-bond acceptors (Lipinski definition) is 4. The molecule has 1 aromatic heterocycles. The van der Waals surface area contributed by atoms with E-state index < -0.39 is 38.3 Å². The van der Waals surface area contributed by atoms with Crippen LogP contribution in [0.2, 0.25) is 25.7 Å². The summed E-state index contributed by atoms with van der Waals surface area (Å²) in [5.74, 6) is 0.214. The molecule has 0 bridgehead atoms. The fraction of sp³-hybridized carbons (Fsp3) is 0.591. The molecule has 32 heavy (non-hydrogen) atoms. The smallest absolute Gasteiger partial charge is 0.399 e. The molecule has 2 heterocycles. The van der Waals surface area contributed by atoms with Crippen molar-refractivity contribution < 1.29 is 27.2 Å². The summed E-state index contributed by atoms with van der Waals surface area (Å²) in [6, 6.07) is 8.01. The van der Waals surface area contributed by atoms with Crippen LogP contribution in [0.5, 0.6) is 0 Å². The first-order valence-electron chi connectivity index (χ1n) is 10.8. The molecule has 1 aromatic carbocycles. The van der Waals surface area contributed by atoms with Crippen molar-refractivity contribution in [2.75, 3.05) is 6.61 Å². The van der Waals surface area contributed by atoms with E-state index in [0.717, 1.165) is 17.7 Å². The Morgan fingerprint density at radius 2 is 1.59 bits per heavy atom. The van der Waals surface area contributed by atoms with Crippen LogP contribution in [0.25, 0.3) is 11.4 Å². The molecule has 0 spiro atoms. The summed E-state index contributed by atoms with van der Waals surface area (Å²) >= 11 is 0. The standard InChI is InChI=1S/C22H32BF3N2O3Si/c1-20(2)21(3,4)31-23(30-20)17-10-8-16(9-11-17)19-27-18(22(24,25)26)14-28(19)15-29-12-13-32(5,6)7/h8-11,14H,12-13,15H2,1-7H3. The molecule has 1 fully saturated rings. The number of hydrogen-bond donors (Lipinski definition) is 0. The van der Waals surface area contributed by atoms with Crippen molar-refractivity contribution in [3.63, 3.8) is 0 Å². The van der Waals surface area contributed by atoms with Gasteiger partial charge in [0, 0.05) is 26.4 Å². The summed E-state index contributed by atoms with van der Waals surface area (Å²) in [5.41, 5.74) is -0.512. The summed E-state index contributed by atoms with van der Waals surface area (Å²) in [7, 11) is -1.83. The number of nitrogens with zero attached hydrogens (tertiary/aromatic N) is 2. The zero-order valence-electron chi connectivity index (χ0n) is 19.8. The second-order valence-corrected chi connectivity index (χ2v) is 16.1. The zero-order valence-corrected chi connectivity index (χ0v) is 20.8. The molecule has 0 radical (unpaired) electrons. The second-order valence-electron chi connectivity index (χ2n) is 10.5. The minimum absolute atomic E-state index is 0.0157. The monoisotopic (exact) mass is 468 g/mol. The maximum atomic E-state index is 13.3. The second kappa shape index (κ2) is 8.63. The number of benzene rings is 1. The zero-order chi connectivity index (χ0) is 23.9. The molecule has 5 nitrogen and oxygen atoms in total. The molecule has 0 saturated carbocycles. The van der Waals surface area contributed by atoms with Crippen molar-refractivity contribution in [1.29, 1.82) is 0 Å². The predicted octanol–water partition coefficient (Wildman–Crippen LogP) is 5.18. The van der Waals surface area contributed by atoms with Gasteiger partial charge in [0.05, 0.1) is 11.2 Å². The van der Waals surface area contributed by atoms with E-state index in [-0.39, 0.29) is 12.6 Å². The van der Waals surface area contributed by atoms with Crippen molar-refractivity contribution in [3.05, 3.63) is 36.2 Å². The predicted molar refractivity (Wildman–Crippen MR) is 122 cm³/mol. The lowest BCUT2D eigenvalue weighted by Crippen LogP contribution is -2.41. The van der Waals surface area contributed by atoms with Crippen LogP contribution in [0.4, 0.5) is 13.2 Å². The number of imidazole rings is 1. The molecule has 1 aliphatic rings. The first-order chi connectivity index (χ1) is 14.6. The lowest BCUT2D eigenvalue weighted by atomic mass is 9.79. The van der Waals surface area contributed by atoms with E-state index >= 15 is 0 Å². The average molecular weight is 468 g/mol. The first kappa shape index (κ1) is 25.0. The summed E-state index contributed by atoms with van der Waals surface area (Å²) in [5, 5.41) is 0. The van der Waals surface area contributed by atoms with Gasteiger partial charge in [-0.15, -0.1) is 0 Å². The molecule has 0 unspecified atom stereocenters. The third-order valence-electron chi connectivity index (χ3n) is 5.99. The van der Waals surface area contributed by atoms with E-state index in [2.05, 4.69) is 24.6 Å². The molecule has 176 valence electrons. The highest BCUT2D eigenvalue weighted by atomic mass is 28.3. The van der Waals surface area contributed by atoms with Crippen LogP contribution >= 0.6 is 0 Å². The van der Waals surface area contributed by atoms with Gasteiger partial charge in [0.2, 0.25) is 0 Å².